The van der Waals surface area contributed by atoms with Gasteiger partial charge in [0, 0.05) is 25.8 Å². The van der Waals surface area contributed by atoms with Gasteiger partial charge in [-0.25, -0.2) is 4.39 Å². The molecule has 1 unspecified atom stereocenters. The van der Waals surface area contributed by atoms with Crippen LogP contribution in [0.1, 0.15) is 25.8 Å². The summed E-state index contributed by atoms with van der Waals surface area (Å²) in [4.78, 5) is 8.10. The third-order valence-electron chi connectivity index (χ3n) is 3.54. The highest BCUT2D eigenvalue weighted by Crippen LogP contribution is 2.24. The van der Waals surface area contributed by atoms with Crippen molar-refractivity contribution >= 4 is 29.9 Å². The zero-order valence-corrected chi connectivity index (χ0v) is 17.0. The van der Waals surface area contributed by atoms with E-state index >= 15 is 0 Å². The molecule has 0 spiro atoms. The van der Waals surface area contributed by atoms with Crippen molar-refractivity contribution in [2.45, 2.75) is 32.9 Å². The Kier molecular flexibility index (Phi) is 9.18. The van der Waals surface area contributed by atoms with Crippen LogP contribution in [0.5, 0.6) is 11.5 Å². The topological polar surface area (TPSA) is 58.5 Å². The molecule has 1 heterocycles. The highest BCUT2D eigenvalue weighted by Gasteiger charge is 2.08. The fourth-order valence-electron chi connectivity index (χ4n) is 1.99. The lowest BCUT2D eigenvalue weighted by Gasteiger charge is -2.16. The Bertz CT molecular complexity index is 682. The molecule has 0 aliphatic heterocycles. The van der Waals surface area contributed by atoms with Crippen LogP contribution in [0.2, 0.25) is 0 Å². The summed E-state index contributed by atoms with van der Waals surface area (Å²) in [6, 6.07) is 8.68. The van der Waals surface area contributed by atoms with Crippen LogP contribution in [-0.4, -0.2) is 24.0 Å². The molecule has 1 aromatic heterocycles. The predicted molar refractivity (Wildman–Crippen MR) is 109 cm³/mol. The van der Waals surface area contributed by atoms with Crippen molar-refractivity contribution in [1.29, 1.82) is 0 Å². The number of nitrogens with one attached hydrogen (secondary N) is 2. The molecule has 0 amide bonds. The van der Waals surface area contributed by atoms with Gasteiger partial charge in [-0.15, -0.1) is 24.0 Å². The lowest BCUT2D eigenvalue weighted by molar-refractivity contribution is 0.440. The van der Waals surface area contributed by atoms with Crippen LogP contribution >= 0.6 is 24.0 Å². The van der Waals surface area contributed by atoms with E-state index < -0.39 is 5.82 Å². The number of aliphatic imine (C=N–C) groups is 1. The van der Waals surface area contributed by atoms with E-state index in [1.54, 1.807) is 37.6 Å². The van der Waals surface area contributed by atoms with Crippen molar-refractivity contribution in [2.24, 2.45) is 4.99 Å². The molecule has 0 aliphatic rings. The lowest BCUT2D eigenvalue weighted by Crippen LogP contribution is -2.41. The second-order valence-electron chi connectivity index (χ2n) is 5.43. The summed E-state index contributed by atoms with van der Waals surface area (Å²) >= 11 is 0. The molecule has 0 aliphatic carbocycles. The van der Waals surface area contributed by atoms with Gasteiger partial charge in [-0.05, 0) is 43.2 Å². The molecule has 0 saturated carbocycles. The van der Waals surface area contributed by atoms with E-state index in [0.717, 1.165) is 12.0 Å². The predicted octanol–water partition coefficient (Wildman–Crippen LogP) is 4.09. The summed E-state index contributed by atoms with van der Waals surface area (Å²) in [5.41, 5.74) is 0.804. The number of guanidine groups is 1. The molecule has 0 fully saturated rings. The van der Waals surface area contributed by atoms with Gasteiger partial charge in [0.25, 0.3) is 0 Å². The van der Waals surface area contributed by atoms with Gasteiger partial charge in [-0.3, -0.25) is 9.98 Å². The van der Waals surface area contributed by atoms with E-state index in [1.165, 1.54) is 6.07 Å². The van der Waals surface area contributed by atoms with Crippen LogP contribution in [0, 0.1) is 5.82 Å². The Morgan fingerprint density at radius 2 is 2.16 bits per heavy atom. The lowest BCUT2D eigenvalue weighted by atomic mass is 10.2. The highest BCUT2D eigenvalue weighted by molar-refractivity contribution is 14.0. The minimum Gasteiger partial charge on any atom is -0.453 e. The first kappa shape index (κ1) is 21.1. The van der Waals surface area contributed by atoms with Crippen LogP contribution in [0.3, 0.4) is 0 Å². The maximum absolute atomic E-state index is 14.2. The first-order valence-electron chi connectivity index (χ1n) is 7.95. The first-order valence-corrected chi connectivity index (χ1v) is 7.95. The van der Waals surface area contributed by atoms with E-state index in [9.17, 15) is 4.39 Å². The average Bonchev–Trinajstić information content (AvgIpc) is 2.61. The Balaban J connectivity index is 0.00000312. The van der Waals surface area contributed by atoms with Crippen molar-refractivity contribution in [1.82, 2.24) is 15.6 Å². The van der Waals surface area contributed by atoms with Gasteiger partial charge >= 0.3 is 0 Å². The molecular formula is C18H24FIN4O. The quantitative estimate of drug-likeness (QED) is 0.389. The third-order valence-corrected chi connectivity index (χ3v) is 3.54. The fourth-order valence-corrected chi connectivity index (χ4v) is 1.99. The number of hydrogen-bond acceptors (Lipinski definition) is 3. The van der Waals surface area contributed by atoms with Crippen LogP contribution in [0.25, 0.3) is 0 Å². The number of hydrogen-bond donors (Lipinski definition) is 2. The largest absolute Gasteiger partial charge is 0.453 e. The first-order chi connectivity index (χ1) is 11.6. The van der Waals surface area contributed by atoms with Gasteiger partial charge in [0.15, 0.2) is 17.5 Å². The minimum atomic E-state index is -0.414. The summed E-state index contributed by atoms with van der Waals surface area (Å²) in [6.45, 7) is 4.65. The Hall–Kier alpha value is -1.90. The number of ether oxygens (including phenoxy) is 1. The van der Waals surface area contributed by atoms with Crippen molar-refractivity contribution in [3.8, 4) is 11.5 Å². The second-order valence-corrected chi connectivity index (χ2v) is 5.43. The standard InChI is InChI=1S/C18H23FN4O.HI/c1-4-13(2)23-18(20-3)22-11-14-7-8-17(16(19)10-14)24-15-6-5-9-21-12-15;/h5-10,12-13H,4,11H2,1-3H3,(H2,20,22,23);1H. The second kappa shape index (κ2) is 10.9. The summed E-state index contributed by atoms with van der Waals surface area (Å²) in [6.07, 6.45) is 4.17. The van der Waals surface area contributed by atoms with Crippen LogP contribution in [0.4, 0.5) is 4.39 Å². The molecule has 0 radical (unpaired) electrons. The fraction of sp³-hybridized carbons (Fsp3) is 0.333. The smallest absolute Gasteiger partial charge is 0.191 e. The number of halogens is 2. The third kappa shape index (κ3) is 6.85. The molecule has 5 nitrogen and oxygen atoms in total. The molecule has 0 bridgehead atoms. The number of rotatable bonds is 6. The van der Waals surface area contributed by atoms with Crippen molar-refractivity contribution < 1.29 is 9.13 Å². The average molecular weight is 458 g/mol. The van der Waals surface area contributed by atoms with E-state index in [4.69, 9.17) is 4.74 Å². The van der Waals surface area contributed by atoms with Crippen LogP contribution in [0.15, 0.2) is 47.7 Å². The van der Waals surface area contributed by atoms with E-state index in [2.05, 4.69) is 34.5 Å². The van der Waals surface area contributed by atoms with Gasteiger partial charge in [-0.2, -0.15) is 0 Å². The zero-order chi connectivity index (χ0) is 17.4. The molecule has 2 rings (SSSR count). The van der Waals surface area contributed by atoms with E-state index in [0.29, 0.717) is 24.3 Å². The molecule has 136 valence electrons. The van der Waals surface area contributed by atoms with Crippen molar-refractivity contribution in [3.63, 3.8) is 0 Å². The number of benzene rings is 1. The van der Waals surface area contributed by atoms with Crippen LogP contribution in [-0.2, 0) is 6.54 Å². The van der Waals surface area contributed by atoms with E-state index in [1.807, 2.05) is 6.07 Å². The minimum absolute atomic E-state index is 0. The van der Waals surface area contributed by atoms with Gasteiger partial charge in [0.2, 0.25) is 0 Å². The molecule has 7 heteroatoms. The molecule has 1 aromatic carbocycles. The molecule has 0 saturated heterocycles. The zero-order valence-electron chi connectivity index (χ0n) is 14.6. The Morgan fingerprint density at radius 3 is 2.76 bits per heavy atom. The molecule has 1 atom stereocenters. The summed E-state index contributed by atoms with van der Waals surface area (Å²) in [5, 5.41) is 6.43. The monoisotopic (exact) mass is 458 g/mol. The molecule has 2 aromatic rings. The van der Waals surface area contributed by atoms with Crippen molar-refractivity contribution in [3.05, 3.63) is 54.1 Å². The Morgan fingerprint density at radius 1 is 1.36 bits per heavy atom. The molecule has 2 N–H and O–H groups in total. The summed E-state index contributed by atoms with van der Waals surface area (Å²) in [5.74, 6) is 0.956. The number of aromatic nitrogens is 1. The van der Waals surface area contributed by atoms with Crippen molar-refractivity contribution in [2.75, 3.05) is 7.05 Å². The highest BCUT2D eigenvalue weighted by atomic mass is 127. The summed E-state index contributed by atoms with van der Waals surface area (Å²) < 4.78 is 19.7. The number of pyridine rings is 1. The summed E-state index contributed by atoms with van der Waals surface area (Å²) in [7, 11) is 1.71. The maximum Gasteiger partial charge on any atom is 0.191 e. The SMILES string of the molecule is CCC(C)NC(=NC)NCc1ccc(Oc2cccnc2)c(F)c1.I. The van der Waals surface area contributed by atoms with Crippen LogP contribution < -0.4 is 15.4 Å². The van der Waals surface area contributed by atoms with E-state index in [-0.39, 0.29) is 29.7 Å². The molecular weight excluding hydrogens is 434 g/mol. The maximum atomic E-state index is 14.2. The van der Waals surface area contributed by atoms with Gasteiger partial charge in [-0.1, -0.05) is 13.0 Å². The van der Waals surface area contributed by atoms with Gasteiger partial charge in [0.05, 0.1) is 6.20 Å². The normalized spacial score (nSPS) is 12.1. The van der Waals surface area contributed by atoms with Gasteiger partial charge < -0.3 is 15.4 Å². The Labute approximate surface area is 165 Å². The number of nitrogens with zero attached hydrogens (tertiary/aromatic N) is 2. The molecule has 25 heavy (non-hydrogen) atoms. The van der Waals surface area contributed by atoms with Gasteiger partial charge in [0.1, 0.15) is 5.75 Å².